The molecule has 0 aromatic heterocycles. The van der Waals surface area contributed by atoms with Crippen molar-refractivity contribution >= 4 is 24.1 Å². The number of rotatable bonds is 10. The van der Waals surface area contributed by atoms with Gasteiger partial charge in [0.25, 0.3) is 0 Å². The molecular weight excluding hydrogens is 406 g/mol. The number of hydrogen-bond donors (Lipinski definition) is 4. The van der Waals surface area contributed by atoms with Crippen LogP contribution >= 0.6 is 0 Å². The number of amides is 3. The van der Waals surface area contributed by atoms with Crippen molar-refractivity contribution in [2.45, 2.75) is 19.3 Å². The fourth-order valence-electron chi connectivity index (χ4n) is 2.36. The molecule has 2 aromatic rings. The summed E-state index contributed by atoms with van der Waals surface area (Å²) >= 11 is 0. The molecule has 0 heterocycles. The van der Waals surface area contributed by atoms with Crippen LogP contribution in [0.15, 0.2) is 60.7 Å². The highest BCUT2D eigenvalue weighted by Crippen LogP contribution is 2.02. The highest BCUT2D eigenvalue weighted by atomic mass is 16.6. The number of carbonyl (C=O) groups excluding carboxylic acids is 3. The van der Waals surface area contributed by atoms with Crippen molar-refractivity contribution in [3.8, 4) is 0 Å². The molecule has 0 spiro atoms. The fourth-order valence-corrected chi connectivity index (χ4v) is 2.36. The lowest BCUT2D eigenvalue weighted by molar-refractivity contribution is -0.138. The minimum atomic E-state index is -1.27. The molecular formula is C21H23N3O7. The van der Waals surface area contributed by atoms with Crippen molar-refractivity contribution in [1.82, 2.24) is 16.0 Å². The predicted molar refractivity (Wildman–Crippen MR) is 109 cm³/mol. The number of nitrogens with one attached hydrogen (secondary N) is 3. The molecule has 0 saturated heterocycles. The Labute approximate surface area is 178 Å². The predicted octanol–water partition coefficient (Wildman–Crippen LogP) is 1.41. The SMILES string of the molecule is O=C(O)CNC(=O)C(CNC(=O)OCc1ccccc1)NC(=O)OCc1ccccc1. The van der Waals surface area contributed by atoms with Crippen molar-refractivity contribution in [1.29, 1.82) is 0 Å². The second kappa shape index (κ2) is 12.5. The van der Waals surface area contributed by atoms with Gasteiger partial charge in [-0.3, -0.25) is 9.59 Å². The molecule has 0 bridgehead atoms. The van der Waals surface area contributed by atoms with Gasteiger partial charge in [-0.05, 0) is 11.1 Å². The Bertz CT molecular complexity index is 875. The summed E-state index contributed by atoms with van der Waals surface area (Å²) in [5.74, 6) is -2.06. The van der Waals surface area contributed by atoms with Gasteiger partial charge in [-0.15, -0.1) is 0 Å². The van der Waals surface area contributed by atoms with Crippen LogP contribution in [0.25, 0.3) is 0 Å². The summed E-state index contributed by atoms with van der Waals surface area (Å²) in [6.45, 7) is -0.980. The molecule has 3 amide bonds. The van der Waals surface area contributed by atoms with Gasteiger partial charge in [-0.1, -0.05) is 60.7 Å². The molecule has 164 valence electrons. The lowest BCUT2D eigenvalue weighted by Gasteiger charge is -2.18. The van der Waals surface area contributed by atoms with E-state index in [0.717, 1.165) is 11.1 Å². The van der Waals surface area contributed by atoms with Crippen LogP contribution in [-0.2, 0) is 32.3 Å². The second-order valence-corrected chi connectivity index (χ2v) is 6.31. The van der Waals surface area contributed by atoms with E-state index in [1.165, 1.54) is 0 Å². The van der Waals surface area contributed by atoms with Gasteiger partial charge in [0.2, 0.25) is 5.91 Å². The topological polar surface area (TPSA) is 143 Å². The van der Waals surface area contributed by atoms with Crippen LogP contribution in [0, 0.1) is 0 Å². The third kappa shape index (κ3) is 9.31. The lowest BCUT2D eigenvalue weighted by atomic mass is 10.2. The van der Waals surface area contributed by atoms with Gasteiger partial charge in [0, 0.05) is 0 Å². The van der Waals surface area contributed by atoms with Crippen molar-refractivity contribution in [3.05, 3.63) is 71.8 Å². The first-order chi connectivity index (χ1) is 14.9. The van der Waals surface area contributed by atoms with Crippen LogP contribution < -0.4 is 16.0 Å². The number of alkyl carbamates (subject to hydrolysis) is 2. The second-order valence-electron chi connectivity index (χ2n) is 6.31. The Balaban J connectivity index is 1.86. The molecule has 1 unspecified atom stereocenters. The van der Waals surface area contributed by atoms with Crippen LogP contribution in [0.3, 0.4) is 0 Å². The van der Waals surface area contributed by atoms with Crippen LogP contribution in [-0.4, -0.2) is 48.3 Å². The van der Waals surface area contributed by atoms with E-state index < -0.39 is 36.6 Å². The molecule has 0 aliphatic heterocycles. The Hall–Kier alpha value is -4.08. The highest BCUT2D eigenvalue weighted by Gasteiger charge is 2.23. The number of ether oxygens (including phenoxy) is 2. The van der Waals surface area contributed by atoms with E-state index in [9.17, 15) is 19.2 Å². The maximum absolute atomic E-state index is 12.2. The third-order valence-electron chi connectivity index (χ3n) is 3.90. The van der Waals surface area contributed by atoms with E-state index in [1.807, 2.05) is 12.1 Å². The molecule has 1 atom stereocenters. The molecule has 0 aliphatic carbocycles. The summed E-state index contributed by atoms with van der Waals surface area (Å²) in [5.41, 5.74) is 1.52. The first-order valence-corrected chi connectivity index (χ1v) is 9.35. The summed E-state index contributed by atoms with van der Waals surface area (Å²) in [4.78, 5) is 46.8. The first kappa shape index (κ1) is 23.2. The normalized spacial score (nSPS) is 11.0. The average Bonchev–Trinajstić information content (AvgIpc) is 2.78. The Kier molecular flexibility index (Phi) is 9.34. The molecule has 10 nitrogen and oxygen atoms in total. The molecule has 0 fully saturated rings. The van der Waals surface area contributed by atoms with Gasteiger partial charge in [0.1, 0.15) is 25.8 Å². The van der Waals surface area contributed by atoms with Crippen LogP contribution in [0.5, 0.6) is 0 Å². The number of carboxylic acids is 1. The summed E-state index contributed by atoms with van der Waals surface area (Å²) in [6.07, 6.45) is -1.71. The molecule has 2 rings (SSSR count). The van der Waals surface area contributed by atoms with Gasteiger partial charge in [-0.25, -0.2) is 9.59 Å². The van der Waals surface area contributed by atoms with E-state index in [0.29, 0.717) is 0 Å². The number of carboxylic acid groups (broad SMARTS) is 1. The van der Waals surface area contributed by atoms with Crippen LogP contribution in [0.4, 0.5) is 9.59 Å². The zero-order chi connectivity index (χ0) is 22.5. The van der Waals surface area contributed by atoms with Crippen LogP contribution in [0.2, 0.25) is 0 Å². The Morgan fingerprint density at radius 2 is 1.29 bits per heavy atom. The average molecular weight is 429 g/mol. The zero-order valence-electron chi connectivity index (χ0n) is 16.6. The van der Waals surface area contributed by atoms with Crippen LogP contribution in [0.1, 0.15) is 11.1 Å². The molecule has 2 aromatic carbocycles. The fraction of sp³-hybridized carbons (Fsp3) is 0.238. The number of hydrogen-bond acceptors (Lipinski definition) is 6. The number of benzene rings is 2. The maximum atomic E-state index is 12.2. The monoisotopic (exact) mass is 429 g/mol. The van der Waals surface area contributed by atoms with Gasteiger partial charge >= 0.3 is 18.2 Å². The molecule has 31 heavy (non-hydrogen) atoms. The maximum Gasteiger partial charge on any atom is 0.408 e. The van der Waals surface area contributed by atoms with Crippen molar-refractivity contribution in [2.24, 2.45) is 0 Å². The van der Waals surface area contributed by atoms with E-state index in [-0.39, 0.29) is 19.8 Å². The van der Waals surface area contributed by atoms with Crippen molar-refractivity contribution in [2.75, 3.05) is 13.1 Å². The summed E-state index contributed by atoms with van der Waals surface area (Å²) < 4.78 is 10.1. The van der Waals surface area contributed by atoms with Gasteiger partial charge in [0.15, 0.2) is 0 Å². The summed E-state index contributed by atoms with van der Waals surface area (Å²) in [7, 11) is 0. The number of aliphatic carboxylic acids is 1. The number of carbonyl (C=O) groups is 4. The lowest BCUT2D eigenvalue weighted by Crippen LogP contribution is -2.53. The Morgan fingerprint density at radius 1 is 0.774 bits per heavy atom. The van der Waals surface area contributed by atoms with E-state index >= 15 is 0 Å². The third-order valence-corrected chi connectivity index (χ3v) is 3.90. The minimum absolute atomic E-state index is 0.0229. The van der Waals surface area contributed by atoms with Gasteiger partial charge in [0.05, 0.1) is 6.54 Å². The smallest absolute Gasteiger partial charge is 0.408 e. The van der Waals surface area contributed by atoms with Gasteiger partial charge in [-0.2, -0.15) is 0 Å². The molecule has 0 saturated carbocycles. The van der Waals surface area contributed by atoms with Crippen molar-refractivity contribution < 1.29 is 33.8 Å². The van der Waals surface area contributed by atoms with E-state index in [4.69, 9.17) is 14.6 Å². The molecule has 0 aliphatic rings. The van der Waals surface area contributed by atoms with E-state index in [1.54, 1.807) is 48.5 Å². The molecule has 4 N–H and O–H groups in total. The molecule has 0 radical (unpaired) electrons. The van der Waals surface area contributed by atoms with Crippen molar-refractivity contribution in [3.63, 3.8) is 0 Å². The minimum Gasteiger partial charge on any atom is -0.480 e. The molecule has 10 heteroatoms. The van der Waals surface area contributed by atoms with Gasteiger partial charge < -0.3 is 30.5 Å². The largest absolute Gasteiger partial charge is 0.480 e. The van der Waals surface area contributed by atoms with E-state index in [2.05, 4.69) is 16.0 Å². The summed E-state index contributed by atoms with van der Waals surface area (Å²) in [6, 6.07) is 16.6. The quantitative estimate of drug-likeness (QED) is 0.447. The first-order valence-electron chi connectivity index (χ1n) is 9.35. The Morgan fingerprint density at radius 3 is 1.81 bits per heavy atom. The zero-order valence-corrected chi connectivity index (χ0v) is 16.6. The summed E-state index contributed by atoms with van der Waals surface area (Å²) in [5, 5.41) is 15.5. The standard InChI is InChI=1S/C21H23N3O7/c25-18(26)12-22-19(27)17(24-21(29)31-14-16-9-5-2-6-10-16)11-23-20(28)30-13-15-7-3-1-4-8-15/h1-10,17H,11-14H2,(H,22,27)(H,23,28)(H,24,29)(H,25,26). The highest BCUT2D eigenvalue weighted by molar-refractivity contribution is 5.88.